The number of methoxy groups -OCH3 is 1. The number of anilines is 1. The smallest absolute Gasteiger partial charge is 0.248 e. The summed E-state index contributed by atoms with van der Waals surface area (Å²) in [5, 5.41) is 3.29. The quantitative estimate of drug-likeness (QED) is 0.813. The molecule has 1 amide bonds. The normalized spacial score (nSPS) is 10.7. The van der Waals surface area contributed by atoms with Crippen LogP contribution in [0.1, 0.15) is 5.56 Å². The molecule has 3 nitrogen and oxygen atoms in total. The van der Waals surface area contributed by atoms with Gasteiger partial charge in [-0.2, -0.15) is 0 Å². The fourth-order valence-corrected chi connectivity index (χ4v) is 2.18. The van der Waals surface area contributed by atoms with Gasteiger partial charge in [-0.1, -0.05) is 29.3 Å². The van der Waals surface area contributed by atoms with Crippen LogP contribution in [0.3, 0.4) is 0 Å². The third-order valence-electron chi connectivity index (χ3n) is 2.82. The molecular weight excluding hydrogens is 328 g/mol. The molecule has 0 atom stereocenters. The Bertz CT molecular complexity index is 712. The number of carbonyl (C=O) groups is 1. The van der Waals surface area contributed by atoms with Gasteiger partial charge in [0.05, 0.1) is 17.8 Å². The largest absolute Gasteiger partial charge is 0.495 e. The Kier molecular flexibility index (Phi) is 5.41. The van der Waals surface area contributed by atoms with Crippen LogP contribution in [0.4, 0.5) is 10.1 Å². The van der Waals surface area contributed by atoms with E-state index in [1.165, 1.54) is 31.4 Å². The minimum atomic E-state index is -0.503. The fourth-order valence-electron chi connectivity index (χ4n) is 1.78. The van der Waals surface area contributed by atoms with Crippen LogP contribution in [0.5, 0.6) is 5.75 Å². The van der Waals surface area contributed by atoms with Gasteiger partial charge < -0.3 is 10.1 Å². The molecule has 0 aliphatic rings. The van der Waals surface area contributed by atoms with Crippen LogP contribution in [-0.2, 0) is 4.79 Å². The molecule has 0 bridgehead atoms. The summed E-state index contributed by atoms with van der Waals surface area (Å²) in [6.45, 7) is 0. The lowest BCUT2D eigenvalue weighted by molar-refractivity contribution is -0.111. The first kappa shape index (κ1) is 16.3. The van der Waals surface area contributed by atoms with Crippen molar-refractivity contribution in [2.24, 2.45) is 0 Å². The summed E-state index contributed by atoms with van der Waals surface area (Å²) in [6, 6.07) is 9.14. The molecule has 114 valence electrons. The second-order valence-corrected chi connectivity index (χ2v) is 5.15. The van der Waals surface area contributed by atoms with E-state index in [2.05, 4.69) is 5.32 Å². The number of nitrogens with one attached hydrogen (secondary N) is 1. The zero-order valence-corrected chi connectivity index (χ0v) is 13.1. The van der Waals surface area contributed by atoms with E-state index in [-0.39, 0.29) is 10.6 Å². The summed E-state index contributed by atoms with van der Waals surface area (Å²) in [6.07, 6.45) is 2.49. The Morgan fingerprint density at radius 3 is 2.73 bits per heavy atom. The maximum absolute atomic E-state index is 13.6. The lowest BCUT2D eigenvalue weighted by atomic mass is 10.2. The van der Waals surface area contributed by atoms with Crippen molar-refractivity contribution in [2.75, 3.05) is 12.4 Å². The molecule has 0 heterocycles. The maximum atomic E-state index is 13.6. The standard InChI is InChI=1S/C16H12Cl2FNO2/c1-22-15-7-5-10(17)9-14(15)20-16(21)8-6-11-12(18)3-2-4-13(11)19/h2-9H,1H3,(H,20,21). The Morgan fingerprint density at radius 1 is 1.27 bits per heavy atom. The van der Waals surface area contributed by atoms with Crippen LogP contribution in [0.2, 0.25) is 10.0 Å². The SMILES string of the molecule is COc1ccc(Cl)cc1NC(=O)C=Cc1c(F)cccc1Cl. The molecule has 0 saturated heterocycles. The van der Waals surface area contributed by atoms with Crippen LogP contribution in [0.15, 0.2) is 42.5 Å². The van der Waals surface area contributed by atoms with Crippen molar-refractivity contribution in [1.82, 2.24) is 0 Å². The van der Waals surface area contributed by atoms with E-state index in [4.69, 9.17) is 27.9 Å². The molecule has 2 rings (SSSR count). The van der Waals surface area contributed by atoms with Gasteiger partial charge in [-0.3, -0.25) is 4.79 Å². The highest BCUT2D eigenvalue weighted by molar-refractivity contribution is 6.32. The lowest BCUT2D eigenvalue weighted by Crippen LogP contribution is -2.09. The van der Waals surface area contributed by atoms with Crippen LogP contribution < -0.4 is 10.1 Å². The van der Waals surface area contributed by atoms with E-state index < -0.39 is 11.7 Å². The molecule has 6 heteroatoms. The molecule has 0 unspecified atom stereocenters. The average molecular weight is 340 g/mol. The molecule has 0 aromatic heterocycles. The first-order chi connectivity index (χ1) is 10.5. The number of rotatable bonds is 4. The molecule has 0 saturated carbocycles. The van der Waals surface area contributed by atoms with Crippen molar-refractivity contribution in [3.63, 3.8) is 0 Å². The summed E-state index contributed by atoms with van der Waals surface area (Å²) >= 11 is 11.8. The van der Waals surface area contributed by atoms with Crippen LogP contribution in [-0.4, -0.2) is 13.0 Å². The molecule has 0 radical (unpaired) electrons. The highest BCUT2D eigenvalue weighted by atomic mass is 35.5. The van der Waals surface area contributed by atoms with Crippen LogP contribution in [0, 0.1) is 5.82 Å². The van der Waals surface area contributed by atoms with Crippen molar-refractivity contribution in [1.29, 1.82) is 0 Å². The van der Waals surface area contributed by atoms with Gasteiger partial charge in [0.1, 0.15) is 11.6 Å². The summed E-state index contributed by atoms with van der Waals surface area (Å²) in [7, 11) is 1.48. The summed E-state index contributed by atoms with van der Waals surface area (Å²) in [4.78, 5) is 11.9. The van der Waals surface area contributed by atoms with Gasteiger partial charge >= 0.3 is 0 Å². The maximum Gasteiger partial charge on any atom is 0.248 e. The van der Waals surface area contributed by atoms with E-state index in [9.17, 15) is 9.18 Å². The Morgan fingerprint density at radius 2 is 2.05 bits per heavy atom. The number of carbonyl (C=O) groups excluding carboxylic acids is 1. The number of hydrogen-bond donors (Lipinski definition) is 1. The van der Waals surface area contributed by atoms with E-state index in [1.807, 2.05) is 0 Å². The zero-order chi connectivity index (χ0) is 16.1. The number of amides is 1. The van der Waals surface area contributed by atoms with Gasteiger partial charge in [-0.05, 0) is 36.4 Å². The van der Waals surface area contributed by atoms with Crippen molar-refractivity contribution in [3.8, 4) is 5.75 Å². The van der Waals surface area contributed by atoms with Crippen LogP contribution >= 0.6 is 23.2 Å². The summed E-state index contributed by atoms with van der Waals surface area (Å²) in [5.74, 6) is -0.494. The van der Waals surface area contributed by atoms with Gasteiger partial charge in [-0.15, -0.1) is 0 Å². The lowest BCUT2D eigenvalue weighted by Gasteiger charge is -2.09. The van der Waals surface area contributed by atoms with E-state index in [0.29, 0.717) is 16.5 Å². The second kappa shape index (κ2) is 7.29. The third kappa shape index (κ3) is 4.00. The molecule has 1 N–H and O–H groups in total. The summed E-state index contributed by atoms with van der Waals surface area (Å²) < 4.78 is 18.7. The average Bonchev–Trinajstić information content (AvgIpc) is 2.47. The first-order valence-electron chi connectivity index (χ1n) is 6.28. The fraction of sp³-hybridized carbons (Fsp3) is 0.0625. The molecule has 22 heavy (non-hydrogen) atoms. The van der Waals surface area contributed by atoms with Crippen LogP contribution in [0.25, 0.3) is 6.08 Å². The van der Waals surface area contributed by atoms with E-state index in [0.717, 1.165) is 0 Å². The van der Waals surface area contributed by atoms with Crippen molar-refractivity contribution < 1.29 is 13.9 Å². The van der Waals surface area contributed by atoms with Crippen molar-refractivity contribution >= 4 is 40.9 Å². The van der Waals surface area contributed by atoms with Gasteiger partial charge in [0.2, 0.25) is 5.91 Å². The molecule has 0 fully saturated rings. The number of ether oxygens (including phenoxy) is 1. The van der Waals surface area contributed by atoms with Gasteiger partial charge in [0.25, 0.3) is 0 Å². The molecular formula is C16H12Cl2FNO2. The van der Waals surface area contributed by atoms with E-state index in [1.54, 1.807) is 24.3 Å². The highest BCUT2D eigenvalue weighted by Gasteiger charge is 2.07. The molecule has 2 aromatic rings. The Balaban J connectivity index is 2.17. The van der Waals surface area contributed by atoms with E-state index >= 15 is 0 Å². The number of benzene rings is 2. The van der Waals surface area contributed by atoms with Gasteiger partial charge in [0, 0.05) is 16.7 Å². The minimum Gasteiger partial charge on any atom is -0.495 e. The Labute approximate surface area is 137 Å². The predicted molar refractivity (Wildman–Crippen MR) is 87.1 cm³/mol. The third-order valence-corrected chi connectivity index (χ3v) is 3.39. The molecule has 2 aromatic carbocycles. The molecule has 0 aliphatic carbocycles. The Hall–Kier alpha value is -2.04. The summed E-state index contributed by atoms with van der Waals surface area (Å²) in [5.41, 5.74) is 0.571. The minimum absolute atomic E-state index is 0.150. The first-order valence-corrected chi connectivity index (χ1v) is 7.03. The topological polar surface area (TPSA) is 38.3 Å². The van der Waals surface area contributed by atoms with Crippen molar-refractivity contribution in [2.45, 2.75) is 0 Å². The van der Waals surface area contributed by atoms with Gasteiger partial charge in [0.15, 0.2) is 0 Å². The number of hydrogen-bond acceptors (Lipinski definition) is 2. The highest BCUT2D eigenvalue weighted by Crippen LogP contribution is 2.27. The van der Waals surface area contributed by atoms with Gasteiger partial charge in [-0.25, -0.2) is 4.39 Å². The predicted octanol–water partition coefficient (Wildman–Crippen LogP) is 4.79. The monoisotopic (exact) mass is 339 g/mol. The zero-order valence-electron chi connectivity index (χ0n) is 11.6. The molecule has 0 spiro atoms. The molecule has 0 aliphatic heterocycles. The second-order valence-electron chi connectivity index (χ2n) is 4.30. The number of halogens is 3. The van der Waals surface area contributed by atoms with Crippen molar-refractivity contribution in [3.05, 3.63) is 63.9 Å².